The lowest BCUT2D eigenvalue weighted by Gasteiger charge is -2.34. The van der Waals surface area contributed by atoms with Crippen LogP contribution < -0.4 is 10.6 Å². The van der Waals surface area contributed by atoms with Gasteiger partial charge < -0.3 is 5.32 Å². The number of carbonyl (C=O) groups is 1. The molecule has 0 aliphatic carbocycles. The Bertz CT molecular complexity index is 588. The molecule has 1 aromatic carbocycles. The number of hydrogen-bond acceptors (Lipinski definition) is 3. The molecular weight excluding hydrogens is 322 g/mol. The second kappa shape index (κ2) is 8.50. The number of carbonyl (C=O) groups excluding carboxylic acids is 1. The van der Waals surface area contributed by atoms with Gasteiger partial charge in [0, 0.05) is 10.6 Å². The molecule has 0 heterocycles. The lowest BCUT2D eigenvalue weighted by molar-refractivity contribution is -0.122. The van der Waals surface area contributed by atoms with E-state index in [1.807, 2.05) is 38.1 Å². The summed E-state index contributed by atoms with van der Waals surface area (Å²) in [5.74, 6) is -0.141. The number of halogens is 1. The predicted octanol–water partition coefficient (Wildman–Crippen LogP) is 4.00. The molecule has 0 fully saturated rings. The molecule has 1 aromatic rings. The predicted molar refractivity (Wildman–Crippen MR) is 98.7 cm³/mol. The Labute approximate surface area is 150 Å². The van der Waals surface area contributed by atoms with Crippen LogP contribution in [0.5, 0.6) is 0 Å². The van der Waals surface area contributed by atoms with Crippen LogP contribution in [0.2, 0.25) is 5.02 Å². The van der Waals surface area contributed by atoms with Crippen molar-refractivity contribution in [3.63, 3.8) is 0 Å². The molecule has 1 unspecified atom stereocenters. The topological polar surface area (TPSA) is 64.9 Å². The summed E-state index contributed by atoms with van der Waals surface area (Å²) >= 11 is 5.98. The van der Waals surface area contributed by atoms with Gasteiger partial charge in [-0.05, 0) is 43.4 Å². The first-order valence-corrected chi connectivity index (χ1v) is 8.84. The molecule has 0 saturated heterocycles. The molecule has 1 amide bonds. The standard InChI is InChI=1S/C19H28ClN3O/c1-6-19(7-2,15-8-10-16(20)11-9-15)22-12-17(24)23-18(5,13-21)14(3)4/h8-11,14,22H,6-7,12H2,1-5H3,(H,23,24). The second-order valence-electron chi connectivity index (χ2n) is 6.67. The van der Waals surface area contributed by atoms with E-state index in [2.05, 4.69) is 30.6 Å². The van der Waals surface area contributed by atoms with Crippen LogP contribution in [0.3, 0.4) is 0 Å². The minimum absolute atomic E-state index is 0.0322. The Morgan fingerprint density at radius 1 is 1.25 bits per heavy atom. The van der Waals surface area contributed by atoms with E-state index in [1.54, 1.807) is 6.92 Å². The third kappa shape index (κ3) is 4.72. The van der Waals surface area contributed by atoms with E-state index in [9.17, 15) is 10.1 Å². The van der Waals surface area contributed by atoms with Crippen molar-refractivity contribution in [2.45, 2.75) is 58.5 Å². The lowest BCUT2D eigenvalue weighted by atomic mass is 9.84. The van der Waals surface area contributed by atoms with Gasteiger partial charge in [-0.1, -0.05) is 51.4 Å². The summed E-state index contributed by atoms with van der Waals surface area (Å²) < 4.78 is 0. The normalized spacial score (nSPS) is 14.1. The maximum atomic E-state index is 12.3. The number of hydrogen-bond donors (Lipinski definition) is 2. The molecule has 132 valence electrons. The smallest absolute Gasteiger partial charge is 0.235 e. The van der Waals surface area contributed by atoms with Crippen LogP contribution >= 0.6 is 11.6 Å². The van der Waals surface area contributed by atoms with Gasteiger partial charge in [-0.2, -0.15) is 5.26 Å². The Hall–Kier alpha value is -1.57. The zero-order valence-electron chi connectivity index (χ0n) is 15.2. The van der Waals surface area contributed by atoms with Crippen LogP contribution in [0, 0.1) is 17.2 Å². The molecule has 1 rings (SSSR count). The molecule has 24 heavy (non-hydrogen) atoms. The fourth-order valence-corrected chi connectivity index (χ4v) is 2.79. The molecule has 4 nitrogen and oxygen atoms in total. The van der Waals surface area contributed by atoms with Crippen LogP contribution in [-0.2, 0) is 10.3 Å². The molecule has 0 saturated carbocycles. The summed E-state index contributed by atoms with van der Waals surface area (Å²) in [7, 11) is 0. The maximum Gasteiger partial charge on any atom is 0.235 e. The van der Waals surface area contributed by atoms with Gasteiger partial charge in [-0.25, -0.2) is 0 Å². The summed E-state index contributed by atoms with van der Waals surface area (Å²) in [6.07, 6.45) is 1.69. The highest BCUT2D eigenvalue weighted by Crippen LogP contribution is 2.29. The molecule has 0 aromatic heterocycles. The quantitative estimate of drug-likeness (QED) is 0.745. The number of nitrogens with zero attached hydrogens (tertiary/aromatic N) is 1. The van der Waals surface area contributed by atoms with Gasteiger partial charge in [0.2, 0.25) is 5.91 Å². The van der Waals surface area contributed by atoms with Gasteiger partial charge in [0.1, 0.15) is 5.54 Å². The van der Waals surface area contributed by atoms with E-state index >= 15 is 0 Å². The van der Waals surface area contributed by atoms with Crippen molar-refractivity contribution in [1.29, 1.82) is 5.26 Å². The third-order valence-corrected chi connectivity index (χ3v) is 5.23. The summed E-state index contributed by atoms with van der Waals surface area (Å²) in [5.41, 5.74) is -0.0419. The van der Waals surface area contributed by atoms with E-state index in [0.29, 0.717) is 5.02 Å². The van der Waals surface area contributed by atoms with Crippen molar-refractivity contribution in [2.75, 3.05) is 6.54 Å². The van der Waals surface area contributed by atoms with Crippen LogP contribution in [-0.4, -0.2) is 18.0 Å². The average Bonchev–Trinajstić information content (AvgIpc) is 2.57. The lowest BCUT2D eigenvalue weighted by Crippen LogP contribution is -2.53. The van der Waals surface area contributed by atoms with Gasteiger partial charge in [0.05, 0.1) is 12.6 Å². The van der Waals surface area contributed by atoms with Crippen molar-refractivity contribution in [2.24, 2.45) is 5.92 Å². The van der Waals surface area contributed by atoms with E-state index in [-0.39, 0.29) is 23.9 Å². The Morgan fingerprint density at radius 3 is 2.21 bits per heavy atom. The number of nitrogens with one attached hydrogen (secondary N) is 2. The van der Waals surface area contributed by atoms with Crippen LogP contribution in [0.4, 0.5) is 0 Å². The molecule has 5 heteroatoms. The summed E-state index contributed by atoms with van der Waals surface area (Å²) in [6.45, 7) is 9.95. The first kappa shape index (κ1) is 20.5. The zero-order valence-corrected chi connectivity index (χ0v) is 16.0. The third-order valence-electron chi connectivity index (χ3n) is 4.98. The molecule has 2 N–H and O–H groups in total. The fourth-order valence-electron chi connectivity index (χ4n) is 2.66. The van der Waals surface area contributed by atoms with Crippen molar-refractivity contribution in [3.05, 3.63) is 34.9 Å². The molecule has 0 aliphatic rings. The Morgan fingerprint density at radius 2 is 1.79 bits per heavy atom. The van der Waals surface area contributed by atoms with Crippen molar-refractivity contribution in [1.82, 2.24) is 10.6 Å². The minimum Gasteiger partial charge on any atom is -0.337 e. The summed E-state index contributed by atoms with van der Waals surface area (Å²) in [6, 6.07) is 9.92. The average molecular weight is 350 g/mol. The molecule has 0 bridgehead atoms. The van der Waals surface area contributed by atoms with E-state index in [0.717, 1.165) is 18.4 Å². The summed E-state index contributed by atoms with van der Waals surface area (Å²) in [5, 5.41) is 16.3. The zero-order chi connectivity index (χ0) is 18.4. The molecule has 1 atom stereocenters. The number of amides is 1. The van der Waals surface area contributed by atoms with Crippen molar-refractivity contribution in [3.8, 4) is 6.07 Å². The van der Waals surface area contributed by atoms with Crippen molar-refractivity contribution < 1.29 is 4.79 Å². The molecular formula is C19H28ClN3O. The number of nitriles is 1. The van der Waals surface area contributed by atoms with Gasteiger partial charge in [-0.3, -0.25) is 10.1 Å². The van der Waals surface area contributed by atoms with Gasteiger partial charge in [0.15, 0.2) is 0 Å². The van der Waals surface area contributed by atoms with Crippen LogP contribution in [0.25, 0.3) is 0 Å². The largest absolute Gasteiger partial charge is 0.337 e. The van der Waals surface area contributed by atoms with Gasteiger partial charge in [-0.15, -0.1) is 0 Å². The van der Waals surface area contributed by atoms with Gasteiger partial charge >= 0.3 is 0 Å². The van der Waals surface area contributed by atoms with Gasteiger partial charge in [0.25, 0.3) is 0 Å². The van der Waals surface area contributed by atoms with Crippen LogP contribution in [0.15, 0.2) is 24.3 Å². The monoisotopic (exact) mass is 349 g/mol. The maximum absolute atomic E-state index is 12.3. The van der Waals surface area contributed by atoms with E-state index in [1.165, 1.54) is 0 Å². The number of benzene rings is 1. The highest BCUT2D eigenvalue weighted by molar-refractivity contribution is 6.30. The minimum atomic E-state index is -0.861. The molecule has 0 aliphatic heterocycles. The van der Waals surface area contributed by atoms with Crippen LogP contribution in [0.1, 0.15) is 53.0 Å². The second-order valence-corrected chi connectivity index (χ2v) is 7.10. The van der Waals surface area contributed by atoms with E-state index in [4.69, 9.17) is 11.6 Å². The highest BCUT2D eigenvalue weighted by Gasteiger charge is 2.32. The molecule has 0 radical (unpaired) electrons. The fraction of sp³-hybridized carbons (Fsp3) is 0.579. The molecule has 0 spiro atoms. The SMILES string of the molecule is CCC(CC)(NCC(=O)NC(C)(C#N)C(C)C)c1ccc(Cl)cc1. The Kier molecular flexibility index (Phi) is 7.26. The highest BCUT2D eigenvalue weighted by atomic mass is 35.5. The summed E-state index contributed by atoms with van der Waals surface area (Å²) in [4.78, 5) is 12.3. The van der Waals surface area contributed by atoms with Crippen molar-refractivity contribution >= 4 is 17.5 Å². The first-order valence-electron chi connectivity index (χ1n) is 8.46. The first-order chi connectivity index (χ1) is 11.2. The Balaban J connectivity index is 2.86. The number of rotatable bonds is 8. The van der Waals surface area contributed by atoms with E-state index < -0.39 is 5.54 Å².